The number of nitrogens with one attached hydrogen (secondary N) is 1. The van der Waals surface area contributed by atoms with Gasteiger partial charge in [0.2, 0.25) is 0 Å². The van der Waals surface area contributed by atoms with Crippen LogP contribution >= 0.6 is 0 Å². The van der Waals surface area contributed by atoms with Crippen LogP contribution in [0.15, 0.2) is 18.7 Å². The van der Waals surface area contributed by atoms with Gasteiger partial charge in [-0.2, -0.15) is 0 Å². The van der Waals surface area contributed by atoms with Crippen LogP contribution < -0.4 is 11.3 Å². The standard InChI is InChI=1S/C9H14N4O2/c10-12-9(14)8-7(1-4-15-8)5-13-3-2-11-6-13/h2-3,6-8H,1,4-5,10H2,(H,12,14)/t7-,8+/m0/s1. The predicted octanol–water partition coefficient (Wildman–Crippen LogP) is -0.722. The van der Waals surface area contributed by atoms with Crippen molar-refractivity contribution in [3.05, 3.63) is 18.7 Å². The second kappa shape index (κ2) is 4.41. The highest BCUT2D eigenvalue weighted by Gasteiger charge is 2.33. The van der Waals surface area contributed by atoms with Crippen molar-refractivity contribution < 1.29 is 9.53 Å². The lowest BCUT2D eigenvalue weighted by Gasteiger charge is -2.16. The van der Waals surface area contributed by atoms with E-state index in [1.807, 2.05) is 10.8 Å². The first-order valence-electron chi connectivity index (χ1n) is 4.89. The first kappa shape index (κ1) is 10.1. The van der Waals surface area contributed by atoms with Crippen LogP contribution in [0, 0.1) is 5.92 Å². The van der Waals surface area contributed by atoms with Gasteiger partial charge in [-0.1, -0.05) is 0 Å². The Balaban J connectivity index is 1.99. The summed E-state index contributed by atoms with van der Waals surface area (Å²) in [4.78, 5) is 15.3. The maximum absolute atomic E-state index is 11.4. The molecule has 1 amide bonds. The Kier molecular flexibility index (Phi) is 2.98. The Morgan fingerprint density at radius 2 is 2.60 bits per heavy atom. The zero-order valence-corrected chi connectivity index (χ0v) is 8.30. The molecule has 2 heterocycles. The van der Waals surface area contributed by atoms with Crippen LogP contribution in [-0.4, -0.2) is 28.2 Å². The van der Waals surface area contributed by atoms with Gasteiger partial charge in [-0.05, 0) is 6.42 Å². The third-order valence-corrected chi connectivity index (χ3v) is 2.62. The normalized spacial score (nSPS) is 25.4. The summed E-state index contributed by atoms with van der Waals surface area (Å²) < 4.78 is 7.28. The molecule has 15 heavy (non-hydrogen) atoms. The monoisotopic (exact) mass is 210 g/mol. The van der Waals surface area contributed by atoms with Crippen molar-refractivity contribution >= 4 is 5.91 Å². The maximum Gasteiger partial charge on any atom is 0.263 e. The number of carbonyl (C=O) groups excluding carboxylic acids is 1. The zero-order chi connectivity index (χ0) is 10.7. The Hall–Kier alpha value is -1.40. The van der Waals surface area contributed by atoms with Crippen LogP contribution in [0.5, 0.6) is 0 Å². The molecule has 1 saturated heterocycles. The van der Waals surface area contributed by atoms with Crippen molar-refractivity contribution in [3.63, 3.8) is 0 Å². The van der Waals surface area contributed by atoms with Gasteiger partial charge in [0.25, 0.3) is 5.91 Å². The first-order chi connectivity index (χ1) is 7.31. The van der Waals surface area contributed by atoms with Crippen molar-refractivity contribution in [2.75, 3.05) is 6.61 Å². The summed E-state index contributed by atoms with van der Waals surface area (Å²) >= 11 is 0. The zero-order valence-electron chi connectivity index (χ0n) is 8.30. The first-order valence-corrected chi connectivity index (χ1v) is 4.89. The molecule has 1 aromatic heterocycles. The van der Waals surface area contributed by atoms with Crippen LogP contribution in [0.3, 0.4) is 0 Å². The third kappa shape index (κ3) is 2.16. The summed E-state index contributed by atoms with van der Waals surface area (Å²) in [6.07, 6.45) is 5.76. The molecule has 0 bridgehead atoms. The fraction of sp³-hybridized carbons (Fsp3) is 0.556. The largest absolute Gasteiger partial charge is 0.368 e. The predicted molar refractivity (Wildman–Crippen MR) is 52.4 cm³/mol. The number of hydrazine groups is 1. The van der Waals surface area contributed by atoms with Gasteiger partial charge in [-0.25, -0.2) is 10.8 Å². The lowest BCUT2D eigenvalue weighted by Crippen LogP contribution is -2.42. The molecule has 0 radical (unpaired) electrons. The number of nitrogens with zero attached hydrogens (tertiary/aromatic N) is 2. The van der Waals surface area contributed by atoms with Gasteiger partial charge < -0.3 is 9.30 Å². The SMILES string of the molecule is NNC(=O)[C@@H]1OCC[C@H]1Cn1ccnc1. The van der Waals surface area contributed by atoms with Crippen LogP contribution in [0.25, 0.3) is 0 Å². The van der Waals surface area contributed by atoms with Crippen molar-refractivity contribution in [2.24, 2.45) is 11.8 Å². The molecule has 0 spiro atoms. The summed E-state index contributed by atoms with van der Waals surface area (Å²) in [5.74, 6) is 5.01. The molecular formula is C9H14N4O2. The van der Waals surface area contributed by atoms with E-state index in [1.54, 1.807) is 12.5 Å². The number of aromatic nitrogens is 2. The van der Waals surface area contributed by atoms with E-state index in [9.17, 15) is 4.79 Å². The molecule has 0 aromatic carbocycles. The molecule has 2 atom stereocenters. The molecule has 1 fully saturated rings. The molecule has 0 aliphatic carbocycles. The topological polar surface area (TPSA) is 82.2 Å². The summed E-state index contributed by atoms with van der Waals surface area (Å²) in [6, 6.07) is 0. The average Bonchev–Trinajstić information content (AvgIpc) is 2.88. The number of carbonyl (C=O) groups is 1. The van der Waals surface area contributed by atoms with Crippen molar-refractivity contribution in [3.8, 4) is 0 Å². The molecule has 82 valence electrons. The van der Waals surface area contributed by atoms with E-state index < -0.39 is 6.10 Å². The minimum absolute atomic E-state index is 0.169. The molecule has 6 nitrogen and oxygen atoms in total. The van der Waals surface area contributed by atoms with Crippen LogP contribution in [-0.2, 0) is 16.1 Å². The summed E-state index contributed by atoms with van der Waals surface area (Å²) in [5.41, 5.74) is 2.13. The molecular weight excluding hydrogens is 196 g/mol. The smallest absolute Gasteiger partial charge is 0.263 e. The summed E-state index contributed by atoms with van der Waals surface area (Å²) in [5, 5.41) is 0. The van der Waals surface area contributed by atoms with Crippen molar-refractivity contribution in [1.82, 2.24) is 15.0 Å². The van der Waals surface area contributed by atoms with E-state index in [-0.39, 0.29) is 11.8 Å². The van der Waals surface area contributed by atoms with E-state index in [0.29, 0.717) is 6.61 Å². The number of rotatable bonds is 3. The second-order valence-electron chi connectivity index (χ2n) is 3.61. The van der Waals surface area contributed by atoms with E-state index in [4.69, 9.17) is 10.6 Å². The van der Waals surface area contributed by atoms with Gasteiger partial charge in [-0.3, -0.25) is 10.2 Å². The fourth-order valence-corrected chi connectivity index (χ4v) is 1.86. The number of amides is 1. The van der Waals surface area contributed by atoms with Gasteiger partial charge in [0.05, 0.1) is 6.33 Å². The lowest BCUT2D eigenvalue weighted by molar-refractivity contribution is -0.132. The minimum atomic E-state index is -0.433. The Morgan fingerprint density at radius 3 is 3.27 bits per heavy atom. The Labute approximate surface area is 87.4 Å². The van der Waals surface area contributed by atoms with Gasteiger partial charge in [-0.15, -0.1) is 0 Å². The minimum Gasteiger partial charge on any atom is -0.368 e. The van der Waals surface area contributed by atoms with E-state index in [1.165, 1.54) is 0 Å². The van der Waals surface area contributed by atoms with Gasteiger partial charge in [0, 0.05) is 31.5 Å². The second-order valence-corrected chi connectivity index (χ2v) is 3.61. The lowest BCUT2D eigenvalue weighted by atomic mass is 10.0. The molecule has 2 rings (SSSR count). The van der Waals surface area contributed by atoms with E-state index >= 15 is 0 Å². The molecule has 0 unspecified atom stereocenters. The van der Waals surface area contributed by atoms with Gasteiger partial charge >= 0.3 is 0 Å². The highest BCUT2D eigenvalue weighted by Crippen LogP contribution is 2.22. The molecule has 1 aromatic rings. The molecule has 6 heteroatoms. The van der Waals surface area contributed by atoms with Gasteiger partial charge in [0.1, 0.15) is 6.10 Å². The summed E-state index contributed by atoms with van der Waals surface area (Å²) in [7, 11) is 0. The van der Waals surface area contributed by atoms with E-state index in [0.717, 1.165) is 13.0 Å². The van der Waals surface area contributed by atoms with Gasteiger partial charge in [0.15, 0.2) is 0 Å². The summed E-state index contributed by atoms with van der Waals surface area (Å²) in [6.45, 7) is 1.34. The average molecular weight is 210 g/mol. The van der Waals surface area contributed by atoms with E-state index in [2.05, 4.69) is 10.4 Å². The number of hydrogen-bond donors (Lipinski definition) is 2. The quantitative estimate of drug-likeness (QED) is 0.392. The van der Waals surface area contributed by atoms with Crippen molar-refractivity contribution in [2.45, 2.75) is 19.1 Å². The highest BCUT2D eigenvalue weighted by atomic mass is 16.5. The third-order valence-electron chi connectivity index (χ3n) is 2.62. The van der Waals surface area contributed by atoms with Crippen LogP contribution in [0.4, 0.5) is 0 Å². The molecule has 3 N–H and O–H groups in total. The van der Waals surface area contributed by atoms with Crippen LogP contribution in [0.2, 0.25) is 0 Å². The molecule has 1 aliphatic rings. The number of imidazole rings is 1. The number of hydrogen-bond acceptors (Lipinski definition) is 4. The Bertz CT molecular complexity index is 325. The molecule has 0 saturated carbocycles. The Morgan fingerprint density at radius 1 is 1.73 bits per heavy atom. The highest BCUT2D eigenvalue weighted by molar-refractivity contribution is 5.80. The maximum atomic E-state index is 11.4. The number of ether oxygens (including phenoxy) is 1. The fourth-order valence-electron chi connectivity index (χ4n) is 1.86. The van der Waals surface area contributed by atoms with Crippen LogP contribution in [0.1, 0.15) is 6.42 Å². The number of nitrogens with two attached hydrogens (primary N) is 1. The van der Waals surface area contributed by atoms with Crippen molar-refractivity contribution in [1.29, 1.82) is 0 Å². The molecule has 1 aliphatic heterocycles.